The molecule has 0 spiro atoms. The van der Waals surface area contributed by atoms with Crippen molar-refractivity contribution in [2.45, 2.75) is 86.3 Å². The second kappa shape index (κ2) is 19.4. The molecule has 9 heteroatoms. The molecule has 0 saturated carbocycles. The second-order valence-electron chi connectivity index (χ2n) is 12.8. The van der Waals surface area contributed by atoms with Gasteiger partial charge in [0.05, 0.1) is 12.2 Å². The minimum atomic E-state index is -4.37. The highest BCUT2D eigenvalue weighted by Gasteiger charge is 2.25. The lowest BCUT2D eigenvalue weighted by Gasteiger charge is -2.15. The van der Waals surface area contributed by atoms with Crippen LogP contribution in [-0.4, -0.2) is 26.6 Å². The van der Waals surface area contributed by atoms with Gasteiger partial charge in [0, 0.05) is 27.3 Å². The monoisotopic (exact) mass is 752 g/mol. The Morgan fingerprint density at radius 3 is 2.13 bits per heavy atom. The Morgan fingerprint density at radius 1 is 0.679 bits per heavy atom. The number of carbonyl (C=O) groups is 2. The van der Waals surface area contributed by atoms with E-state index in [1.165, 1.54) is 36.4 Å². The topological polar surface area (TPSA) is 86.7 Å². The first-order valence-corrected chi connectivity index (χ1v) is 20.4. The molecule has 0 radical (unpaired) electrons. The second-order valence-corrected chi connectivity index (χ2v) is 15.4. The number of ketones is 2. The maximum atomic E-state index is 15.3. The number of rotatable bonds is 20. The van der Waals surface area contributed by atoms with Gasteiger partial charge in [0.25, 0.3) is 0 Å². The van der Waals surface area contributed by atoms with E-state index < -0.39 is 21.7 Å². The first-order valence-electron chi connectivity index (χ1n) is 18.2. The molecule has 5 aromatic rings. The van der Waals surface area contributed by atoms with Crippen molar-refractivity contribution in [2.24, 2.45) is 0 Å². The number of hydrogen-bond donors (Lipinski definition) is 0. The molecule has 6 nitrogen and oxygen atoms in total. The molecule has 276 valence electrons. The van der Waals surface area contributed by atoms with E-state index in [0.29, 0.717) is 29.1 Å². The van der Waals surface area contributed by atoms with Crippen molar-refractivity contribution in [2.75, 3.05) is 6.61 Å². The van der Waals surface area contributed by atoms with E-state index in [4.69, 9.17) is 8.92 Å². The predicted octanol–water partition coefficient (Wildman–Crippen LogP) is 11.8. The molecule has 0 bridgehead atoms. The van der Waals surface area contributed by atoms with Gasteiger partial charge in [-0.3, -0.25) is 9.59 Å². The van der Waals surface area contributed by atoms with Crippen LogP contribution in [0.5, 0.6) is 11.5 Å². The van der Waals surface area contributed by atoms with Crippen molar-refractivity contribution < 1.29 is 31.3 Å². The minimum absolute atomic E-state index is 0.0946. The standard InChI is InChI=1S/C44H45FO6S2/c1-3-5-7-8-9-13-20-41(46)33-21-27-40(45)39(30-33)44(47)38-19-15-14-18-37(38)32-22-28-42(52-36-25-23-34(24-26-36)50-29-6-4-2)43(31-32)53(48,49)51-35-16-11-10-12-17-35/h10-12,14-19,21-28,30-31H,3-9,13,20,29H2,1-2H3. The molecule has 5 aromatic carbocycles. The zero-order valence-corrected chi connectivity index (χ0v) is 31.8. The summed E-state index contributed by atoms with van der Waals surface area (Å²) in [5, 5.41) is 0. The summed E-state index contributed by atoms with van der Waals surface area (Å²) in [5.74, 6) is -0.614. The first-order chi connectivity index (χ1) is 25.7. The van der Waals surface area contributed by atoms with Gasteiger partial charge in [0.15, 0.2) is 11.6 Å². The lowest BCUT2D eigenvalue weighted by molar-refractivity contribution is 0.0979. The van der Waals surface area contributed by atoms with E-state index in [9.17, 15) is 18.0 Å². The van der Waals surface area contributed by atoms with Gasteiger partial charge in [0.2, 0.25) is 0 Å². The molecule has 0 N–H and O–H groups in total. The van der Waals surface area contributed by atoms with Crippen LogP contribution in [0, 0.1) is 5.82 Å². The maximum Gasteiger partial charge on any atom is 0.340 e. The fourth-order valence-electron chi connectivity index (χ4n) is 5.83. The van der Waals surface area contributed by atoms with Gasteiger partial charge in [-0.2, -0.15) is 8.42 Å². The Labute approximate surface area is 316 Å². The minimum Gasteiger partial charge on any atom is -0.494 e. The Hall–Kier alpha value is -4.73. The molecule has 0 fully saturated rings. The summed E-state index contributed by atoms with van der Waals surface area (Å²) in [5.41, 5.74) is 1.05. The van der Waals surface area contributed by atoms with Gasteiger partial charge < -0.3 is 8.92 Å². The van der Waals surface area contributed by atoms with Crippen LogP contribution in [0.2, 0.25) is 0 Å². The fourth-order valence-corrected chi connectivity index (χ4v) is 8.12. The van der Waals surface area contributed by atoms with Crippen LogP contribution in [0.25, 0.3) is 11.1 Å². The van der Waals surface area contributed by atoms with Crippen LogP contribution >= 0.6 is 11.8 Å². The van der Waals surface area contributed by atoms with Gasteiger partial charge in [0.1, 0.15) is 22.2 Å². The zero-order valence-electron chi connectivity index (χ0n) is 30.2. The van der Waals surface area contributed by atoms with Crippen molar-refractivity contribution in [3.05, 3.63) is 138 Å². The molecule has 0 atom stereocenters. The molecule has 0 saturated heterocycles. The van der Waals surface area contributed by atoms with Gasteiger partial charge in [-0.05, 0) is 90.7 Å². The largest absolute Gasteiger partial charge is 0.494 e. The third kappa shape index (κ3) is 10.9. The molecule has 5 rings (SSSR count). The van der Waals surface area contributed by atoms with Crippen LogP contribution in [-0.2, 0) is 10.1 Å². The van der Waals surface area contributed by atoms with Gasteiger partial charge in [-0.25, -0.2) is 4.39 Å². The van der Waals surface area contributed by atoms with Crippen LogP contribution in [0.3, 0.4) is 0 Å². The molecule has 0 amide bonds. The number of benzene rings is 5. The number of halogens is 1. The molecule has 0 aliphatic carbocycles. The number of hydrogen-bond acceptors (Lipinski definition) is 7. The SMILES string of the molecule is CCCCCCCCC(=O)c1ccc(F)c(C(=O)c2ccccc2-c2ccc(Sc3ccc(OCCCC)cc3)c(S(=O)(=O)Oc3ccccc3)c2)c1. The molecular weight excluding hydrogens is 708 g/mol. The lowest BCUT2D eigenvalue weighted by atomic mass is 9.92. The zero-order chi connectivity index (χ0) is 37.6. The van der Waals surface area contributed by atoms with Crippen LogP contribution in [0.4, 0.5) is 4.39 Å². The van der Waals surface area contributed by atoms with Crippen molar-refractivity contribution in [1.82, 2.24) is 0 Å². The summed E-state index contributed by atoms with van der Waals surface area (Å²) in [6.45, 7) is 4.86. The molecule has 0 heterocycles. The third-order valence-corrected chi connectivity index (χ3v) is 11.3. The van der Waals surface area contributed by atoms with E-state index in [1.54, 1.807) is 66.7 Å². The summed E-state index contributed by atoms with van der Waals surface area (Å²) in [7, 11) is -4.37. The van der Waals surface area contributed by atoms with E-state index in [2.05, 4.69) is 13.8 Å². The van der Waals surface area contributed by atoms with Gasteiger partial charge >= 0.3 is 10.1 Å². The molecule has 0 aromatic heterocycles. The van der Waals surface area contributed by atoms with Crippen molar-refractivity contribution in [3.8, 4) is 22.6 Å². The molecule has 0 aliphatic heterocycles. The summed E-state index contributed by atoms with van der Waals surface area (Å²) in [6, 6.07) is 31.1. The smallest absolute Gasteiger partial charge is 0.340 e. The molecular formula is C44H45FO6S2. The Balaban J connectivity index is 1.46. The third-order valence-electron chi connectivity index (χ3n) is 8.75. The molecule has 0 unspecified atom stereocenters. The highest BCUT2D eigenvalue weighted by Crippen LogP contribution is 2.38. The Morgan fingerprint density at radius 2 is 1.38 bits per heavy atom. The van der Waals surface area contributed by atoms with E-state index >= 15 is 4.39 Å². The predicted molar refractivity (Wildman–Crippen MR) is 209 cm³/mol. The summed E-state index contributed by atoms with van der Waals surface area (Å²) < 4.78 is 54.5. The number of carbonyl (C=O) groups excluding carboxylic acids is 2. The Kier molecular flexibility index (Phi) is 14.4. The highest BCUT2D eigenvalue weighted by molar-refractivity contribution is 8.00. The van der Waals surface area contributed by atoms with E-state index in [0.717, 1.165) is 61.7 Å². The summed E-state index contributed by atoms with van der Waals surface area (Å²) in [6.07, 6.45) is 8.49. The van der Waals surface area contributed by atoms with E-state index in [-0.39, 0.29) is 33.1 Å². The number of unbranched alkanes of at least 4 members (excludes halogenated alkanes) is 6. The summed E-state index contributed by atoms with van der Waals surface area (Å²) in [4.78, 5) is 28.2. The quantitative estimate of drug-likeness (QED) is 0.0444. The maximum absolute atomic E-state index is 15.3. The summed E-state index contributed by atoms with van der Waals surface area (Å²) >= 11 is 1.25. The Bertz CT molecular complexity index is 2100. The van der Waals surface area contributed by atoms with E-state index in [1.807, 2.05) is 24.3 Å². The van der Waals surface area contributed by atoms with Crippen LogP contribution in [0.15, 0.2) is 130 Å². The van der Waals surface area contributed by atoms with Crippen molar-refractivity contribution >= 4 is 33.4 Å². The van der Waals surface area contributed by atoms with Crippen molar-refractivity contribution in [3.63, 3.8) is 0 Å². The average Bonchev–Trinajstić information content (AvgIpc) is 3.17. The number of ether oxygens (including phenoxy) is 1. The fraction of sp³-hybridized carbons (Fsp3) is 0.273. The number of Topliss-reactive ketones (excluding diaryl/α,β-unsaturated/α-hetero) is 1. The van der Waals surface area contributed by atoms with Gasteiger partial charge in [-0.1, -0.05) is 113 Å². The molecule has 53 heavy (non-hydrogen) atoms. The molecule has 0 aliphatic rings. The average molecular weight is 753 g/mol. The van der Waals surface area contributed by atoms with Crippen LogP contribution in [0.1, 0.15) is 97.9 Å². The normalized spacial score (nSPS) is 11.3. The van der Waals surface area contributed by atoms with Crippen LogP contribution < -0.4 is 8.92 Å². The highest BCUT2D eigenvalue weighted by atomic mass is 32.2. The van der Waals surface area contributed by atoms with Gasteiger partial charge in [-0.15, -0.1) is 0 Å². The lowest BCUT2D eigenvalue weighted by Crippen LogP contribution is -2.12. The van der Waals surface area contributed by atoms with Crippen molar-refractivity contribution in [1.29, 1.82) is 0 Å². The first kappa shape index (κ1) is 39.5. The number of para-hydroxylation sites is 1.